The highest BCUT2D eigenvalue weighted by molar-refractivity contribution is 6.45. The van der Waals surface area contributed by atoms with Crippen molar-refractivity contribution in [3.8, 4) is 0 Å². The van der Waals surface area contributed by atoms with E-state index in [2.05, 4.69) is 0 Å². The molecule has 0 unspecified atom stereocenters. The van der Waals surface area contributed by atoms with Gasteiger partial charge in [-0.2, -0.15) is 0 Å². The first kappa shape index (κ1) is 10.9. The van der Waals surface area contributed by atoms with Gasteiger partial charge < -0.3 is 20.0 Å². The normalized spacial score (nSPS) is 13.6. The minimum absolute atomic E-state index is 0.00236. The molecule has 0 amide bonds. The van der Waals surface area contributed by atoms with Crippen LogP contribution in [-0.2, 0) is 0 Å². The molecule has 0 heterocycles. The highest BCUT2D eigenvalue weighted by Gasteiger charge is 2.16. The summed E-state index contributed by atoms with van der Waals surface area (Å²) in [5.41, 5.74) is 0. The Labute approximate surface area is 67.6 Å². The Balaban J connectivity index is 3.69. The second kappa shape index (κ2) is 5.54. The molecule has 0 saturated heterocycles. The smallest absolute Gasteiger partial charge is 0.376 e. The van der Waals surface area contributed by atoms with Crippen LogP contribution in [0.2, 0.25) is 6.82 Å². The number of aliphatic hydroxyl groups excluding tert-OH is 2. The molecule has 66 valence electrons. The van der Waals surface area contributed by atoms with Gasteiger partial charge in [0.25, 0.3) is 0 Å². The Kier molecular flexibility index (Phi) is 5.49. The molecule has 0 fully saturated rings. The minimum Gasteiger partial charge on any atom is -0.437 e. The van der Waals surface area contributed by atoms with Gasteiger partial charge in [0.05, 0.1) is 12.7 Å². The number of hydrogen-bond acceptors (Lipinski definition) is 4. The Morgan fingerprint density at radius 3 is 2.36 bits per heavy atom. The second-order valence-electron chi connectivity index (χ2n) is 2.70. The third kappa shape index (κ3) is 5.20. The molecule has 0 aromatic rings. The van der Waals surface area contributed by atoms with Crippen molar-refractivity contribution in [3.63, 3.8) is 0 Å². The summed E-state index contributed by atoms with van der Waals surface area (Å²) >= 11 is 0. The molecule has 4 nitrogen and oxygen atoms in total. The quantitative estimate of drug-likeness (QED) is 0.442. The molecule has 0 aliphatic rings. The van der Waals surface area contributed by atoms with E-state index in [-0.39, 0.29) is 6.61 Å². The minimum atomic E-state index is -0.614. The molecule has 0 bridgehead atoms. The summed E-state index contributed by atoms with van der Waals surface area (Å²) in [5.74, 6) is 0. The summed E-state index contributed by atoms with van der Waals surface area (Å²) in [6.45, 7) is 4.03. The molecular weight excluding hydrogens is 145 g/mol. The predicted octanol–water partition coefficient (Wildman–Crippen LogP) is -1.23. The molecule has 1 atom stereocenters. The fourth-order valence-electron chi connectivity index (χ4n) is 0.899. The highest BCUT2D eigenvalue weighted by Crippen LogP contribution is 1.93. The van der Waals surface area contributed by atoms with Crippen LogP contribution in [0.5, 0.6) is 0 Å². The zero-order valence-corrected chi connectivity index (χ0v) is 7.06. The lowest BCUT2D eigenvalue weighted by Gasteiger charge is -2.23. The van der Waals surface area contributed by atoms with Gasteiger partial charge >= 0.3 is 7.05 Å². The third-order valence-corrected chi connectivity index (χ3v) is 1.41. The second-order valence-corrected chi connectivity index (χ2v) is 2.70. The molecule has 0 spiro atoms. The lowest BCUT2D eigenvalue weighted by atomic mass is 9.84. The van der Waals surface area contributed by atoms with Crippen LogP contribution in [-0.4, -0.2) is 52.9 Å². The maximum atomic E-state index is 9.10. The van der Waals surface area contributed by atoms with Crippen LogP contribution in [0.15, 0.2) is 0 Å². The maximum Gasteiger partial charge on any atom is 0.376 e. The fourth-order valence-corrected chi connectivity index (χ4v) is 0.899. The van der Waals surface area contributed by atoms with Gasteiger partial charge in [0.1, 0.15) is 0 Å². The Morgan fingerprint density at radius 1 is 1.55 bits per heavy atom. The number of rotatable bonds is 5. The average molecular weight is 161 g/mol. The summed E-state index contributed by atoms with van der Waals surface area (Å²) < 4.78 is 0. The van der Waals surface area contributed by atoms with Crippen LogP contribution < -0.4 is 0 Å². The van der Waals surface area contributed by atoms with Crippen LogP contribution in [0.3, 0.4) is 0 Å². The summed E-state index contributed by atoms with van der Waals surface area (Å²) in [4.78, 5) is 1.60. The van der Waals surface area contributed by atoms with E-state index in [9.17, 15) is 0 Å². The molecule has 11 heavy (non-hydrogen) atoms. The number of hydrogen-bond donors (Lipinski definition) is 3. The topological polar surface area (TPSA) is 63.9 Å². The van der Waals surface area contributed by atoms with Gasteiger partial charge in [-0.25, -0.2) is 0 Å². The zero-order valence-electron chi connectivity index (χ0n) is 7.06. The van der Waals surface area contributed by atoms with Crippen molar-refractivity contribution in [3.05, 3.63) is 0 Å². The number of nitrogens with zero attached hydrogens (tertiary/aromatic N) is 1. The Bertz CT molecular complexity index is 99.8. The van der Waals surface area contributed by atoms with Gasteiger partial charge in [-0.15, -0.1) is 0 Å². The largest absolute Gasteiger partial charge is 0.437 e. The third-order valence-electron chi connectivity index (χ3n) is 1.41. The molecule has 0 aliphatic carbocycles. The standard InChI is InChI=1S/C6H16BNO3/c1-6(10)5-8(3-4-9)7(2)11/h6,9-11H,3-5H2,1-2H3/t6-/m1/s1. The first-order chi connectivity index (χ1) is 5.07. The molecule has 3 N–H and O–H groups in total. The maximum absolute atomic E-state index is 9.10. The van der Waals surface area contributed by atoms with Crippen molar-refractivity contribution >= 4 is 7.05 Å². The zero-order chi connectivity index (χ0) is 8.85. The molecule has 0 radical (unpaired) electrons. The van der Waals surface area contributed by atoms with Crippen molar-refractivity contribution in [2.24, 2.45) is 0 Å². The van der Waals surface area contributed by atoms with E-state index in [1.54, 1.807) is 18.6 Å². The van der Waals surface area contributed by atoms with E-state index >= 15 is 0 Å². The van der Waals surface area contributed by atoms with Gasteiger partial charge in [-0.05, 0) is 13.7 Å². The van der Waals surface area contributed by atoms with E-state index in [0.29, 0.717) is 13.1 Å². The fraction of sp³-hybridized carbons (Fsp3) is 1.00. The molecule has 0 aliphatic heterocycles. The first-order valence-electron chi connectivity index (χ1n) is 3.79. The lowest BCUT2D eigenvalue weighted by molar-refractivity contribution is 0.144. The van der Waals surface area contributed by atoms with Crippen LogP contribution in [0.4, 0.5) is 0 Å². The van der Waals surface area contributed by atoms with Crippen LogP contribution >= 0.6 is 0 Å². The van der Waals surface area contributed by atoms with Gasteiger partial charge in [0.15, 0.2) is 0 Å². The molecular formula is C6H16BNO3. The van der Waals surface area contributed by atoms with E-state index in [1.165, 1.54) is 0 Å². The van der Waals surface area contributed by atoms with Crippen LogP contribution in [0.1, 0.15) is 6.92 Å². The highest BCUT2D eigenvalue weighted by atomic mass is 16.3. The molecule has 5 heteroatoms. The van der Waals surface area contributed by atoms with E-state index in [0.717, 1.165) is 0 Å². The summed E-state index contributed by atoms with van der Waals surface area (Å²) in [5, 5.41) is 26.6. The molecule has 0 aromatic carbocycles. The monoisotopic (exact) mass is 161 g/mol. The van der Waals surface area contributed by atoms with Gasteiger partial charge in [0, 0.05) is 13.1 Å². The van der Waals surface area contributed by atoms with Crippen LogP contribution in [0, 0.1) is 0 Å². The summed E-state index contributed by atoms with van der Waals surface area (Å²) in [7, 11) is -0.614. The van der Waals surface area contributed by atoms with Gasteiger partial charge in [-0.3, -0.25) is 0 Å². The van der Waals surface area contributed by atoms with Crippen LogP contribution in [0.25, 0.3) is 0 Å². The lowest BCUT2D eigenvalue weighted by Crippen LogP contribution is -2.43. The van der Waals surface area contributed by atoms with Crippen molar-refractivity contribution in [2.75, 3.05) is 19.7 Å². The van der Waals surface area contributed by atoms with E-state index in [1.807, 2.05) is 0 Å². The SMILES string of the molecule is CB(O)N(CCO)C[C@@H](C)O. The Hall–Kier alpha value is -0.0951. The molecule has 0 saturated carbocycles. The van der Waals surface area contributed by atoms with Crippen molar-refractivity contribution in [1.29, 1.82) is 0 Å². The van der Waals surface area contributed by atoms with Crippen molar-refractivity contribution < 1.29 is 15.2 Å². The van der Waals surface area contributed by atoms with E-state index in [4.69, 9.17) is 15.2 Å². The van der Waals surface area contributed by atoms with Crippen molar-refractivity contribution in [2.45, 2.75) is 19.9 Å². The Morgan fingerprint density at radius 2 is 2.09 bits per heavy atom. The first-order valence-corrected chi connectivity index (χ1v) is 3.79. The number of aliphatic hydroxyl groups is 2. The van der Waals surface area contributed by atoms with Gasteiger partial charge in [0.2, 0.25) is 0 Å². The summed E-state index contributed by atoms with van der Waals surface area (Å²) in [6, 6.07) is 0. The van der Waals surface area contributed by atoms with Crippen molar-refractivity contribution in [1.82, 2.24) is 4.81 Å². The molecule has 0 rings (SSSR count). The average Bonchev–Trinajstić information content (AvgIpc) is 1.86. The van der Waals surface area contributed by atoms with Gasteiger partial charge in [-0.1, -0.05) is 0 Å². The van der Waals surface area contributed by atoms with E-state index < -0.39 is 13.2 Å². The molecule has 0 aromatic heterocycles. The summed E-state index contributed by atoms with van der Waals surface area (Å²) in [6.07, 6.45) is -0.476. The predicted molar refractivity (Wildman–Crippen MR) is 44.2 cm³/mol.